The van der Waals surface area contributed by atoms with Gasteiger partial charge in [0.2, 0.25) is 5.91 Å². The van der Waals surface area contributed by atoms with Crippen molar-refractivity contribution >= 4 is 5.91 Å². The molecule has 2 aliphatic rings. The quantitative estimate of drug-likeness (QED) is 0.834. The molecule has 1 saturated heterocycles. The van der Waals surface area contributed by atoms with Crippen molar-refractivity contribution in [1.82, 2.24) is 14.8 Å². The third-order valence-electron chi connectivity index (χ3n) is 6.16. The summed E-state index contributed by atoms with van der Waals surface area (Å²) in [6.07, 6.45) is 0. The fraction of sp³-hybridized carbons (Fsp3) is 0.429. The van der Waals surface area contributed by atoms with Crippen molar-refractivity contribution in [2.45, 2.75) is 25.6 Å². The number of benzene rings is 1. The molecule has 7 heteroatoms. The number of hydrogen-bond acceptors (Lipinski definition) is 4. The van der Waals surface area contributed by atoms with Crippen molar-refractivity contribution in [2.75, 3.05) is 20.2 Å². The van der Waals surface area contributed by atoms with Crippen LogP contribution in [0.15, 0.2) is 41.2 Å². The molecule has 2 N–H and O–H groups in total. The minimum atomic E-state index is -0.412. The molecule has 0 aliphatic carbocycles. The first-order valence-corrected chi connectivity index (χ1v) is 9.58. The van der Waals surface area contributed by atoms with Crippen LogP contribution >= 0.6 is 0 Å². The van der Waals surface area contributed by atoms with Gasteiger partial charge in [0.1, 0.15) is 5.82 Å². The SMILES string of the molecule is CCNC(=O)[C@H]1[C@H](CO)[C@H]2Cn3c(ccc(-c4ccc(F)cc4)c3=O)[C@@H]1N2C. The smallest absolute Gasteiger partial charge is 0.258 e. The Morgan fingerprint density at radius 2 is 1.96 bits per heavy atom. The first-order chi connectivity index (χ1) is 13.5. The van der Waals surface area contributed by atoms with Crippen LogP contribution in [-0.2, 0) is 11.3 Å². The molecule has 1 amide bonds. The number of aliphatic hydroxyl groups excluding tert-OH is 1. The van der Waals surface area contributed by atoms with E-state index in [1.54, 1.807) is 22.8 Å². The number of halogens is 1. The molecule has 1 fully saturated rings. The van der Waals surface area contributed by atoms with Gasteiger partial charge >= 0.3 is 0 Å². The lowest BCUT2D eigenvalue weighted by molar-refractivity contribution is -0.127. The molecule has 1 aromatic carbocycles. The summed E-state index contributed by atoms with van der Waals surface area (Å²) in [7, 11) is 1.94. The van der Waals surface area contributed by atoms with Crippen molar-refractivity contribution in [3.63, 3.8) is 0 Å². The molecule has 0 saturated carbocycles. The normalized spacial score (nSPS) is 26.1. The highest BCUT2D eigenvalue weighted by atomic mass is 19.1. The average molecular weight is 385 g/mol. The Hall–Kier alpha value is -2.51. The molecule has 0 unspecified atom stereocenters. The zero-order valence-electron chi connectivity index (χ0n) is 15.9. The van der Waals surface area contributed by atoms with Gasteiger partial charge in [-0.05, 0) is 43.8 Å². The van der Waals surface area contributed by atoms with Gasteiger partial charge in [0.15, 0.2) is 0 Å². The van der Waals surface area contributed by atoms with Crippen LogP contribution < -0.4 is 10.9 Å². The van der Waals surface area contributed by atoms with E-state index in [1.165, 1.54) is 12.1 Å². The van der Waals surface area contributed by atoms with Gasteiger partial charge in [0.25, 0.3) is 5.56 Å². The van der Waals surface area contributed by atoms with Crippen molar-refractivity contribution < 1.29 is 14.3 Å². The fourth-order valence-corrected chi connectivity index (χ4v) is 4.83. The predicted molar refractivity (Wildman–Crippen MR) is 103 cm³/mol. The number of likely N-dealkylation sites (N-methyl/N-ethyl adjacent to an activating group) is 1. The van der Waals surface area contributed by atoms with Crippen LogP contribution in [0.1, 0.15) is 18.7 Å². The van der Waals surface area contributed by atoms with Gasteiger partial charge in [-0.2, -0.15) is 0 Å². The molecule has 2 aliphatic heterocycles. The van der Waals surface area contributed by atoms with E-state index in [0.29, 0.717) is 24.2 Å². The van der Waals surface area contributed by atoms with Gasteiger partial charge in [0.05, 0.1) is 12.0 Å². The highest BCUT2D eigenvalue weighted by molar-refractivity contribution is 5.80. The third-order valence-corrected chi connectivity index (χ3v) is 6.16. The molecule has 4 rings (SSSR count). The molecular weight excluding hydrogens is 361 g/mol. The lowest BCUT2D eigenvalue weighted by Gasteiger charge is -2.35. The maximum absolute atomic E-state index is 13.2. The topological polar surface area (TPSA) is 74.6 Å². The van der Waals surface area contributed by atoms with E-state index in [2.05, 4.69) is 10.2 Å². The number of rotatable bonds is 4. The molecule has 148 valence electrons. The zero-order chi connectivity index (χ0) is 20.0. The maximum atomic E-state index is 13.2. The van der Waals surface area contributed by atoms with Crippen LogP contribution in [-0.4, -0.2) is 46.7 Å². The summed E-state index contributed by atoms with van der Waals surface area (Å²) >= 11 is 0. The van der Waals surface area contributed by atoms with Gasteiger partial charge in [0, 0.05) is 42.9 Å². The van der Waals surface area contributed by atoms with Crippen LogP contribution in [0.2, 0.25) is 0 Å². The molecule has 4 atom stereocenters. The van der Waals surface area contributed by atoms with Crippen molar-refractivity contribution in [2.24, 2.45) is 11.8 Å². The molecule has 2 aromatic rings. The molecular formula is C21H24FN3O3. The highest BCUT2D eigenvalue weighted by Gasteiger charge is 2.54. The van der Waals surface area contributed by atoms with E-state index >= 15 is 0 Å². The Bertz CT molecular complexity index is 956. The second-order valence-electron chi connectivity index (χ2n) is 7.54. The number of carbonyl (C=O) groups is 1. The van der Waals surface area contributed by atoms with Gasteiger partial charge in [-0.15, -0.1) is 0 Å². The number of nitrogens with zero attached hydrogens (tertiary/aromatic N) is 2. The summed E-state index contributed by atoms with van der Waals surface area (Å²) in [4.78, 5) is 28.1. The summed E-state index contributed by atoms with van der Waals surface area (Å²) in [5, 5.41) is 12.9. The monoisotopic (exact) mass is 385 g/mol. The van der Waals surface area contributed by atoms with E-state index in [9.17, 15) is 19.1 Å². The molecule has 2 bridgehead atoms. The van der Waals surface area contributed by atoms with E-state index in [-0.39, 0.29) is 41.9 Å². The largest absolute Gasteiger partial charge is 0.396 e. The Morgan fingerprint density at radius 1 is 1.25 bits per heavy atom. The van der Waals surface area contributed by atoms with Crippen LogP contribution in [0, 0.1) is 17.7 Å². The molecule has 0 radical (unpaired) electrons. The van der Waals surface area contributed by atoms with Gasteiger partial charge < -0.3 is 15.0 Å². The fourth-order valence-electron chi connectivity index (χ4n) is 4.83. The summed E-state index contributed by atoms with van der Waals surface area (Å²) in [5.74, 6) is -1.10. The standard InChI is InChI=1S/C21H24FN3O3/c1-3-23-20(27)18-15(11-26)17-10-25-16(19(18)24(17)2)9-8-14(21(25)28)12-4-6-13(22)7-5-12/h4-9,15,17-19,26H,3,10-11H2,1-2H3,(H,23,27)/t15-,17-,18+,19+/m1/s1. The van der Waals surface area contributed by atoms with Gasteiger partial charge in [-0.1, -0.05) is 12.1 Å². The number of amides is 1. The first-order valence-electron chi connectivity index (χ1n) is 9.58. The molecule has 0 spiro atoms. The zero-order valence-corrected chi connectivity index (χ0v) is 15.9. The molecule has 3 heterocycles. The van der Waals surface area contributed by atoms with E-state index in [1.807, 2.05) is 20.0 Å². The number of pyridine rings is 1. The van der Waals surface area contributed by atoms with Crippen LogP contribution in [0.4, 0.5) is 4.39 Å². The van der Waals surface area contributed by atoms with Crippen LogP contribution in [0.3, 0.4) is 0 Å². The molecule has 28 heavy (non-hydrogen) atoms. The summed E-state index contributed by atoms with van der Waals surface area (Å²) in [6, 6.07) is 9.12. The highest BCUT2D eigenvalue weighted by Crippen LogP contribution is 2.47. The summed E-state index contributed by atoms with van der Waals surface area (Å²) in [5.41, 5.74) is 1.79. The Morgan fingerprint density at radius 3 is 2.61 bits per heavy atom. The van der Waals surface area contributed by atoms with Crippen molar-refractivity contribution in [1.29, 1.82) is 0 Å². The van der Waals surface area contributed by atoms with Gasteiger partial charge in [-0.25, -0.2) is 4.39 Å². The first kappa shape index (κ1) is 18.8. The van der Waals surface area contributed by atoms with Gasteiger partial charge in [-0.3, -0.25) is 14.5 Å². The Kier molecular flexibility index (Phi) is 4.81. The number of aliphatic hydroxyl groups is 1. The molecule has 6 nitrogen and oxygen atoms in total. The number of carbonyl (C=O) groups excluding carboxylic acids is 1. The van der Waals surface area contributed by atoms with E-state index in [4.69, 9.17) is 0 Å². The van der Waals surface area contributed by atoms with Crippen molar-refractivity contribution in [3.8, 4) is 11.1 Å². The number of aromatic nitrogens is 1. The van der Waals surface area contributed by atoms with Crippen molar-refractivity contribution in [3.05, 3.63) is 58.3 Å². The lowest BCUT2D eigenvalue weighted by Crippen LogP contribution is -2.44. The Labute approximate surface area is 162 Å². The van der Waals surface area contributed by atoms with Crippen LogP contribution in [0.5, 0.6) is 0 Å². The summed E-state index contributed by atoms with van der Waals surface area (Å²) < 4.78 is 15.0. The number of fused-ring (bicyclic) bond motifs is 4. The average Bonchev–Trinajstić information content (AvgIpc) is 2.86. The summed E-state index contributed by atoms with van der Waals surface area (Å²) in [6.45, 7) is 2.69. The Balaban J connectivity index is 1.81. The third kappa shape index (κ3) is 2.77. The lowest BCUT2D eigenvalue weighted by atomic mass is 9.86. The minimum Gasteiger partial charge on any atom is -0.396 e. The molecule has 1 aromatic heterocycles. The minimum absolute atomic E-state index is 0.0931. The predicted octanol–water partition coefficient (Wildman–Crippen LogP) is 1.38. The van der Waals surface area contributed by atoms with Crippen LogP contribution in [0.25, 0.3) is 11.1 Å². The number of nitrogens with one attached hydrogen (secondary N) is 1. The van der Waals surface area contributed by atoms with E-state index < -0.39 is 5.92 Å². The van der Waals surface area contributed by atoms with E-state index in [0.717, 1.165) is 5.69 Å². The second-order valence-corrected chi connectivity index (χ2v) is 7.54. The number of hydrogen-bond donors (Lipinski definition) is 2. The second kappa shape index (κ2) is 7.14. The maximum Gasteiger partial charge on any atom is 0.258 e.